The van der Waals surface area contributed by atoms with E-state index in [9.17, 15) is 29.1 Å². The molecule has 2 aromatic rings. The molecule has 0 radical (unpaired) electrons. The van der Waals surface area contributed by atoms with E-state index in [4.69, 9.17) is 10.5 Å². The molecule has 4 aliphatic carbocycles. The van der Waals surface area contributed by atoms with Crippen LogP contribution in [-0.4, -0.2) is 84.0 Å². The van der Waals surface area contributed by atoms with Crippen molar-refractivity contribution in [1.82, 2.24) is 21.3 Å². The van der Waals surface area contributed by atoms with Crippen molar-refractivity contribution in [3.63, 3.8) is 0 Å². The fourth-order valence-corrected chi connectivity index (χ4v) is 8.93. The Hall–Kier alpha value is -3.81. The number of phenols is 1. The highest BCUT2D eigenvalue weighted by Crippen LogP contribution is 2.58. The minimum Gasteiger partial charge on any atom is -0.508 e. The average molecular weight is 744 g/mol. The quantitative estimate of drug-likeness (QED) is 0.140. The van der Waals surface area contributed by atoms with Gasteiger partial charge in [0.25, 0.3) is 0 Å². The molecule has 4 amide bonds. The van der Waals surface area contributed by atoms with Crippen LogP contribution in [0.4, 0.5) is 0 Å². The van der Waals surface area contributed by atoms with Crippen LogP contribution >= 0.6 is 24.2 Å². The number of benzene rings is 2. The van der Waals surface area contributed by atoms with Gasteiger partial charge in [0, 0.05) is 6.42 Å². The molecule has 4 fully saturated rings. The van der Waals surface area contributed by atoms with Crippen molar-refractivity contribution >= 4 is 53.8 Å². The summed E-state index contributed by atoms with van der Waals surface area (Å²) in [6.07, 6.45) is 7.06. The number of carbonyl (C=O) groups excluding carboxylic acids is 5. The first-order valence-electron chi connectivity index (χ1n) is 17.3. The van der Waals surface area contributed by atoms with Crippen LogP contribution in [0.25, 0.3) is 0 Å². The molecule has 3 unspecified atom stereocenters. The van der Waals surface area contributed by atoms with Crippen LogP contribution < -0.4 is 27.0 Å². The van der Waals surface area contributed by atoms with E-state index in [1.54, 1.807) is 12.1 Å². The number of ether oxygens (including phenoxy) is 1. The van der Waals surface area contributed by atoms with E-state index in [1.807, 2.05) is 36.6 Å². The van der Waals surface area contributed by atoms with E-state index < -0.39 is 53.8 Å². The Bertz CT molecular complexity index is 1520. The second-order valence-electron chi connectivity index (χ2n) is 14.1. The fraction of sp³-hybridized carbons (Fsp3) is 0.541. The predicted molar refractivity (Wildman–Crippen MR) is 197 cm³/mol. The third-order valence-electron chi connectivity index (χ3n) is 10.5. The van der Waals surface area contributed by atoms with Crippen molar-refractivity contribution in [2.45, 2.75) is 75.0 Å². The Balaban J connectivity index is 0.00000583. The first-order valence-corrected chi connectivity index (χ1v) is 18.7. The van der Waals surface area contributed by atoms with E-state index >= 15 is 0 Å². The summed E-state index contributed by atoms with van der Waals surface area (Å²) in [5.41, 5.74) is 7.01. The first kappa shape index (κ1) is 40.0. The number of thioether (sulfide) groups is 1. The van der Waals surface area contributed by atoms with Crippen molar-refractivity contribution in [1.29, 1.82) is 0 Å². The Labute approximate surface area is 309 Å². The molecule has 278 valence electrons. The smallest absolute Gasteiger partial charge is 0.311 e. The van der Waals surface area contributed by atoms with Crippen LogP contribution in [0.15, 0.2) is 54.6 Å². The van der Waals surface area contributed by atoms with Gasteiger partial charge in [-0.25, -0.2) is 0 Å². The number of amides is 4. The largest absolute Gasteiger partial charge is 0.508 e. The van der Waals surface area contributed by atoms with Gasteiger partial charge in [-0.15, -0.1) is 12.4 Å². The maximum Gasteiger partial charge on any atom is 0.311 e. The zero-order valence-corrected chi connectivity index (χ0v) is 30.7. The maximum atomic E-state index is 14.1. The van der Waals surface area contributed by atoms with Crippen LogP contribution in [0.2, 0.25) is 0 Å². The number of hydrogen-bond acceptors (Lipinski definition) is 9. The molecule has 4 bridgehead atoms. The maximum absolute atomic E-state index is 14.1. The summed E-state index contributed by atoms with van der Waals surface area (Å²) in [4.78, 5) is 66.7. The second kappa shape index (κ2) is 18.1. The molecular formula is C37H50ClN5O7S. The average Bonchev–Trinajstić information content (AvgIpc) is 3.09. The number of rotatable bonds is 16. The monoisotopic (exact) mass is 743 g/mol. The van der Waals surface area contributed by atoms with Gasteiger partial charge in [-0.05, 0) is 98.0 Å². The summed E-state index contributed by atoms with van der Waals surface area (Å²) in [5, 5.41) is 20.9. The molecule has 0 spiro atoms. The number of esters is 1. The van der Waals surface area contributed by atoms with Crippen molar-refractivity contribution in [3.8, 4) is 5.75 Å². The number of phenolic OH excluding ortho intramolecular Hbond substituents is 1. The van der Waals surface area contributed by atoms with Gasteiger partial charge in [-0.1, -0.05) is 42.5 Å². The van der Waals surface area contributed by atoms with Crippen LogP contribution in [0.5, 0.6) is 5.75 Å². The lowest BCUT2D eigenvalue weighted by molar-refractivity contribution is -0.166. The van der Waals surface area contributed by atoms with Crippen molar-refractivity contribution < 1.29 is 33.8 Å². The summed E-state index contributed by atoms with van der Waals surface area (Å²) in [5.74, 6) is -1.02. The molecule has 12 nitrogen and oxygen atoms in total. The number of halogens is 1. The number of nitrogens with two attached hydrogens (primary N) is 1. The van der Waals surface area contributed by atoms with Gasteiger partial charge in [0.1, 0.15) is 17.8 Å². The van der Waals surface area contributed by atoms with Gasteiger partial charge in [0.15, 0.2) is 0 Å². The fourth-order valence-electron chi connectivity index (χ4n) is 8.45. The zero-order valence-electron chi connectivity index (χ0n) is 29.1. The molecular weight excluding hydrogens is 694 g/mol. The molecule has 7 N–H and O–H groups in total. The molecule has 0 aromatic heterocycles. The van der Waals surface area contributed by atoms with E-state index in [-0.39, 0.29) is 48.8 Å². The highest BCUT2D eigenvalue weighted by Gasteiger charge is 2.60. The van der Waals surface area contributed by atoms with Crippen LogP contribution in [0.1, 0.15) is 49.7 Å². The predicted octanol–water partition coefficient (Wildman–Crippen LogP) is 2.25. The third-order valence-corrected chi connectivity index (χ3v) is 11.1. The van der Waals surface area contributed by atoms with E-state index in [0.717, 1.165) is 30.4 Å². The van der Waals surface area contributed by atoms with Crippen LogP contribution in [-0.2, 0) is 41.6 Å². The van der Waals surface area contributed by atoms with Crippen LogP contribution in [0.3, 0.4) is 0 Å². The highest BCUT2D eigenvalue weighted by molar-refractivity contribution is 7.98. The third kappa shape index (κ3) is 10.2. The van der Waals surface area contributed by atoms with Gasteiger partial charge in [-0.3, -0.25) is 24.0 Å². The summed E-state index contributed by atoms with van der Waals surface area (Å²) in [6.45, 7) is -0.412. The lowest BCUT2D eigenvalue weighted by Gasteiger charge is -2.60. The Morgan fingerprint density at radius 1 is 0.882 bits per heavy atom. The summed E-state index contributed by atoms with van der Waals surface area (Å²) in [6, 6.07) is 12.9. The number of carbonyl (C=O) groups is 5. The topological polar surface area (TPSA) is 189 Å². The van der Waals surface area contributed by atoms with Gasteiger partial charge >= 0.3 is 5.97 Å². The number of aromatic hydroxyl groups is 1. The molecule has 2 aromatic carbocycles. The van der Waals surface area contributed by atoms with Crippen LogP contribution in [0, 0.1) is 23.7 Å². The highest BCUT2D eigenvalue weighted by atomic mass is 35.5. The van der Waals surface area contributed by atoms with E-state index in [1.165, 1.54) is 31.0 Å². The molecule has 4 aliphatic rings. The summed E-state index contributed by atoms with van der Waals surface area (Å²) >= 11 is 1.51. The minimum atomic E-state index is -0.960. The molecule has 6 rings (SSSR count). The van der Waals surface area contributed by atoms with E-state index in [0.29, 0.717) is 36.9 Å². The van der Waals surface area contributed by atoms with Gasteiger partial charge < -0.3 is 36.8 Å². The molecule has 0 saturated heterocycles. The Morgan fingerprint density at radius 3 is 2.16 bits per heavy atom. The standard InChI is InChI=1S/C37H49N5O7S.ClH/c1-49-36(48)32-26-15-24-14-25(16-26)20-37(32,19-24)42-35(47)30(18-22-6-4-3-5-7-22)40-31(44)21-39-34(46)29(12-13-50-2)41-33(45)28(38)17-23-8-10-27(43)11-9-23;/h3-11,24-26,28-30,32,43H,12-21,38H2,1-2H3,(H,39,46)(H,40,44)(H,41,45)(H,42,47);1H/t24?,25?,26?,28-,29+,30-,32?,37?;/m0./s1. The number of methoxy groups -OCH3 is 1. The van der Waals surface area contributed by atoms with E-state index in [2.05, 4.69) is 21.3 Å². The zero-order chi connectivity index (χ0) is 35.8. The van der Waals surface area contributed by atoms with Crippen molar-refractivity contribution in [2.75, 3.05) is 25.7 Å². The van der Waals surface area contributed by atoms with Gasteiger partial charge in [0.2, 0.25) is 23.6 Å². The number of hydrogen-bond donors (Lipinski definition) is 6. The lowest BCUT2D eigenvalue weighted by atomic mass is 9.48. The van der Waals surface area contributed by atoms with Crippen molar-refractivity contribution in [3.05, 3.63) is 65.7 Å². The molecule has 51 heavy (non-hydrogen) atoms. The van der Waals surface area contributed by atoms with Gasteiger partial charge in [-0.2, -0.15) is 11.8 Å². The van der Waals surface area contributed by atoms with Gasteiger partial charge in [0.05, 0.1) is 31.2 Å². The normalized spacial score (nSPS) is 24.6. The molecule has 14 heteroatoms. The SMILES string of the molecule is COC(=O)C1C2CC3CC(C2)CC1(NC(=O)[C@H](Cc1ccccc1)NC(=O)CNC(=O)[C@@H](CCSC)NC(=O)[C@@H](N)Cc1ccc(O)cc1)C3.Cl. The molecule has 4 saturated carbocycles. The number of nitrogens with one attached hydrogen (secondary N) is 4. The lowest BCUT2D eigenvalue weighted by Crippen LogP contribution is -2.69. The summed E-state index contributed by atoms with van der Waals surface area (Å²) < 4.78 is 5.23. The molecule has 0 heterocycles. The second-order valence-corrected chi connectivity index (χ2v) is 15.1. The molecule has 6 atom stereocenters. The minimum absolute atomic E-state index is 0. The summed E-state index contributed by atoms with van der Waals surface area (Å²) in [7, 11) is 1.39. The van der Waals surface area contributed by atoms with Crippen molar-refractivity contribution in [2.24, 2.45) is 29.4 Å². The first-order chi connectivity index (χ1) is 24.0. The molecule has 0 aliphatic heterocycles. The Kier molecular flexibility index (Phi) is 14.2. The Morgan fingerprint density at radius 2 is 1.53 bits per heavy atom.